The van der Waals surface area contributed by atoms with Crippen molar-refractivity contribution in [2.24, 2.45) is 0 Å². The Morgan fingerprint density at radius 3 is 2.48 bits per heavy atom. The van der Waals surface area contributed by atoms with Gasteiger partial charge in [-0.15, -0.1) is 0 Å². The molecule has 0 saturated carbocycles. The van der Waals surface area contributed by atoms with Crippen molar-refractivity contribution in [1.29, 1.82) is 0 Å². The third-order valence-electron chi connectivity index (χ3n) is 3.51. The minimum Gasteiger partial charge on any atom is -0.369 e. The zero-order chi connectivity index (χ0) is 15.1. The third-order valence-corrected chi connectivity index (χ3v) is 4.04. The van der Waals surface area contributed by atoms with Crippen LogP contribution in [-0.4, -0.2) is 9.55 Å². The standard InChI is InChI=1S/C15H12BrF2N3/c1-8(9-2-4-10(16)5-3-9)21-14-12(20-15(21)19)7-6-11(17)13(14)18/h2-8H,1H3,(H2,19,20). The number of aromatic nitrogens is 2. The maximum Gasteiger partial charge on any atom is 0.201 e. The van der Waals surface area contributed by atoms with Gasteiger partial charge in [0.25, 0.3) is 0 Å². The van der Waals surface area contributed by atoms with Gasteiger partial charge in [0.2, 0.25) is 5.95 Å². The van der Waals surface area contributed by atoms with Crippen LogP contribution in [0, 0.1) is 11.6 Å². The molecule has 0 radical (unpaired) electrons. The largest absolute Gasteiger partial charge is 0.369 e. The molecule has 0 spiro atoms. The lowest BCUT2D eigenvalue weighted by atomic mass is 10.1. The van der Waals surface area contributed by atoms with Gasteiger partial charge in [0, 0.05) is 4.47 Å². The van der Waals surface area contributed by atoms with Crippen LogP contribution in [0.4, 0.5) is 14.7 Å². The molecule has 0 fully saturated rings. The second-order valence-electron chi connectivity index (χ2n) is 4.80. The van der Waals surface area contributed by atoms with Gasteiger partial charge >= 0.3 is 0 Å². The van der Waals surface area contributed by atoms with E-state index in [-0.39, 0.29) is 17.5 Å². The summed E-state index contributed by atoms with van der Waals surface area (Å²) in [5, 5.41) is 0. The number of nitrogens with two attached hydrogens (primary N) is 1. The van der Waals surface area contributed by atoms with Crippen LogP contribution in [0.2, 0.25) is 0 Å². The number of benzene rings is 2. The molecule has 1 heterocycles. The van der Waals surface area contributed by atoms with Crippen molar-refractivity contribution in [1.82, 2.24) is 9.55 Å². The number of nitrogen functional groups attached to an aromatic ring is 1. The first kappa shape index (κ1) is 14.0. The number of imidazole rings is 1. The maximum atomic E-state index is 14.1. The number of hydrogen-bond donors (Lipinski definition) is 1. The first-order chi connectivity index (χ1) is 9.99. The van der Waals surface area contributed by atoms with Gasteiger partial charge in [0.1, 0.15) is 5.52 Å². The lowest BCUT2D eigenvalue weighted by Gasteiger charge is -2.17. The summed E-state index contributed by atoms with van der Waals surface area (Å²) < 4.78 is 30.1. The van der Waals surface area contributed by atoms with E-state index in [1.165, 1.54) is 10.6 Å². The fraction of sp³-hybridized carbons (Fsp3) is 0.133. The third kappa shape index (κ3) is 2.29. The summed E-state index contributed by atoms with van der Waals surface area (Å²) in [4.78, 5) is 4.10. The van der Waals surface area contributed by atoms with Gasteiger partial charge in [-0.3, -0.25) is 0 Å². The second kappa shape index (κ2) is 5.11. The average molecular weight is 352 g/mol. The number of halogens is 3. The molecule has 1 atom stereocenters. The number of fused-ring (bicyclic) bond motifs is 1. The van der Waals surface area contributed by atoms with E-state index in [2.05, 4.69) is 20.9 Å². The van der Waals surface area contributed by atoms with Crippen LogP contribution in [0.5, 0.6) is 0 Å². The summed E-state index contributed by atoms with van der Waals surface area (Å²) in [6.45, 7) is 1.87. The topological polar surface area (TPSA) is 43.8 Å². The molecule has 2 aromatic carbocycles. The van der Waals surface area contributed by atoms with Crippen molar-refractivity contribution in [3.8, 4) is 0 Å². The monoisotopic (exact) mass is 351 g/mol. The van der Waals surface area contributed by atoms with Crippen molar-refractivity contribution in [3.63, 3.8) is 0 Å². The summed E-state index contributed by atoms with van der Waals surface area (Å²) in [5.74, 6) is -1.68. The van der Waals surface area contributed by atoms with Gasteiger partial charge in [-0.1, -0.05) is 28.1 Å². The Labute approximate surface area is 128 Å². The Kier molecular flexibility index (Phi) is 3.41. The highest BCUT2D eigenvalue weighted by molar-refractivity contribution is 9.10. The van der Waals surface area contributed by atoms with Crippen LogP contribution in [0.3, 0.4) is 0 Å². The van der Waals surface area contributed by atoms with E-state index in [0.29, 0.717) is 5.52 Å². The smallest absolute Gasteiger partial charge is 0.201 e. The Hall–Kier alpha value is -1.95. The summed E-state index contributed by atoms with van der Waals surface area (Å²) >= 11 is 3.37. The fourth-order valence-electron chi connectivity index (χ4n) is 2.42. The van der Waals surface area contributed by atoms with Crippen molar-refractivity contribution in [2.75, 3.05) is 5.73 Å². The lowest BCUT2D eigenvalue weighted by molar-refractivity contribution is 0.509. The zero-order valence-corrected chi connectivity index (χ0v) is 12.7. The second-order valence-corrected chi connectivity index (χ2v) is 5.71. The minimum absolute atomic E-state index is 0.0860. The lowest BCUT2D eigenvalue weighted by Crippen LogP contribution is -2.11. The van der Waals surface area contributed by atoms with Gasteiger partial charge < -0.3 is 10.3 Å². The molecule has 0 aliphatic heterocycles. The van der Waals surface area contributed by atoms with Gasteiger partial charge in [-0.2, -0.15) is 0 Å². The van der Waals surface area contributed by atoms with Gasteiger partial charge in [-0.25, -0.2) is 13.8 Å². The van der Waals surface area contributed by atoms with Gasteiger partial charge in [0.05, 0.1) is 11.6 Å². The molecule has 0 aliphatic rings. The number of rotatable bonds is 2. The molecule has 21 heavy (non-hydrogen) atoms. The molecule has 0 saturated heterocycles. The molecule has 3 aromatic rings. The molecule has 6 heteroatoms. The van der Waals surface area contributed by atoms with Crippen molar-refractivity contribution in [2.45, 2.75) is 13.0 Å². The van der Waals surface area contributed by atoms with E-state index in [1.807, 2.05) is 31.2 Å². The molecule has 108 valence electrons. The summed E-state index contributed by atoms with van der Waals surface area (Å²) in [6.07, 6.45) is 0. The van der Waals surface area contributed by atoms with Gasteiger partial charge in [-0.05, 0) is 36.8 Å². The predicted octanol–water partition coefficient (Wildman–Crippen LogP) is 4.27. The minimum atomic E-state index is -0.930. The normalized spacial score (nSPS) is 12.8. The van der Waals surface area contributed by atoms with Crippen molar-refractivity contribution in [3.05, 3.63) is 58.1 Å². The molecular formula is C15H12BrF2N3. The molecule has 3 rings (SSSR count). The summed E-state index contributed by atoms with van der Waals surface area (Å²) in [5.41, 5.74) is 7.25. The van der Waals surface area contributed by atoms with E-state index in [0.717, 1.165) is 16.1 Å². The number of anilines is 1. The Morgan fingerprint density at radius 2 is 1.81 bits per heavy atom. The van der Waals surface area contributed by atoms with E-state index in [4.69, 9.17) is 5.73 Å². The Bertz CT molecular complexity index is 812. The average Bonchev–Trinajstić information content (AvgIpc) is 2.80. The Balaban J connectivity index is 2.21. The highest BCUT2D eigenvalue weighted by Gasteiger charge is 2.20. The van der Waals surface area contributed by atoms with Crippen LogP contribution in [-0.2, 0) is 0 Å². The Morgan fingerprint density at radius 1 is 1.14 bits per heavy atom. The summed E-state index contributed by atoms with van der Waals surface area (Å²) in [7, 11) is 0. The quantitative estimate of drug-likeness (QED) is 0.749. The van der Waals surface area contributed by atoms with E-state index < -0.39 is 11.6 Å². The molecule has 1 aromatic heterocycles. The zero-order valence-electron chi connectivity index (χ0n) is 11.1. The van der Waals surface area contributed by atoms with Crippen LogP contribution in [0.15, 0.2) is 40.9 Å². The fourth-order valence-corrected chi connectivity index (χ4v) is 2.69. The number of hydrogen-bond acceptors (Lipinski definition) is 2. The van der Waals surface area contributed by atoms with Crippen LogP contribution >= 0.6 is 15.9 Å². The van der Waals surface area contributed by atoms with E-state index in [1.54, 1.807) is 0 Å². The number of nitrogens with zero attached hydrogens (tertiary/aromatic N) is 2. The van der Waals surface area contributed by atoms with E-state index in [9.17, 15) is 8.78 Å². The highest BCUT2D eigenvalue weighted by atomic mass is 79.9. The van der Waals surface area contributed by atoms with Gasteiger partial charge in [0.15, 0.2) is 11.6 Å². The van der Waals surface area contributed by atoms with Crippen LogP contribution < -0.4 is 5.73 Å². The van der Waals surface area contributed by atoms with Crippen molar-refractivity contribution < 1.29 is 8.78 Å². The first-order valence-corrected chi connectivity index (χ1v) is 7.15. The molecule has 3 nitrogen and oxygen atoms in total. The van der Waals surface area contributed by atoms with Crippen LogP contribution in [0.25, 0.3) is 11.0 Å². The molecule has 0 amide bonds. The van der Waals surface area contributed by atoms with Crippen LogP contribution in [0.1, 0.15) is 18.5 Å². The maximum absolute atomic E-state index is 14.1. The van der Waals surface area contributed by atoms with Crippen molar-refractivity contribution >= 4 is 32.9 Å². The highest BCUT2D eigenvalue weighted by Crippen LogP contribution is 2.30. The molecule has 0 bridgehead atoms. The first-order valence-electron chi connectivity index (χ1n) is 6.36. The molecule has 1 unspecified atom stereocenters. The summed E-state index contributed by atoms with van der Waals surface area (Å²) in [6, 6.07) is 9.79. The molecular weight excluding hydrogens is 340 g/mol. The van der Waals surface area contributed by atoms with E-state index >= 15 is 0 Å². The molecule has 0 aliphatic carbocycles. The SMILES string of the molecule is CC(c1ccc(Br)cc1)n1c(N)nc2ccc(F)c(F)c21. The predicted molar refractivity (Wildman–Crippen MR) is 82.0 cm³/mol. The molecule has 2 N–H and O–H groups in total.